The standard InChI is InChI=1S/C13H23N3O/c1-5-11(6-2)13(17)14-8-12-9-16(7-3)15-10(12)4/h9,11H,5-8H2,1-4H3,(H,14,17). The SMILES string of the molecule is CCC(CC)C(=O)NCc1cn(CC)nc1C. The van der Waals surface area contributed by atoms with Crippen LogP contribution in [0.15, 0.2) is 6.20 Å². The highest BCUT2D eigenvalue weighted by Gasteiger charge is 2.14. The van der Waals surface area contributed by atoms with Gasteiger partial charge in [-0.15, -0.1) is 0 Å². The molecule has 0 aliphatic rings. The van der Waals surface area contributed by atoms with Gasteiger partial charge in [0.25, 0.3) is 0 Å². The second-order valence-corrected chi connectivity index (χ2v) is 4.33. The van der Waals surface area contributed by atoms with Crippen molar-refractivity contribution in [1.29, 1.82) is 0 Å². The van der Waals surface area contributed by atoms with Gasteiger partial charge in [0.1, 0.15) is 0 Å². The predicted octanol–water partition coefficient (Wildman–Crippen LogP) is 2.26. The maximum Gasteiger partial charge on any atom is 0.223 e. The minimum absolute atomic E-state index is 0.136. The predicted molar refractivity (Wildman–Crippen MR) is 68.6 cm³/mol. The summed E-state index contributed by atoms with van der Waals surface area (Å²) in [5.41, 5.74) is 2.10. The maximum absolute atomic E-state index is 11.8. The highest BCUT2D eigenvalue weighted by molar-refractivity contribution is 5.78. The molecule has 0 aliphatic heterocycles. The first-order valence-electron chi connectivity index (χ1n) is 6.42. The van der Waals surface area contributed by atoms with E-state index in [1.165, 1.54) is 0 Å². The van der Waals surface area contributed by atoms with E-state index in [4.69, 9.17) is 0 Å². The van der Waals surface area contributed by atoms with E-state index in [1.807, 2.05) is 31.6 Å². The number of rotatable bonds is 6. The number of amides is 1. The Bertz CT molecular complexity index is 367. The Labute approximate surface area is 103 Å². The Morgan fingerprint density at radius 3 is 2.53 bits per heavy atom. The van der Waals surface area contributed by atoms with E-state index in [0.29, 0.717) is 6.54 Å². The second kappa shape index (κ2) is 6.42. The number of aromatic nitrogens is 2. The van der Waals surface area contributed by atoms with Gasteiger partial charge < -0.3 is 5.32 Å². The smallest absolute Gasteiger partial charge is 0.223 e. The molecule has 0 radical (unpaired) electrons. The van der Waals surface area contributed by atoms with Crippen molar-refractivity contribution < 1.29 is 4.79 Å². The van der Waals surface area contributed by atoms with Crippen molar-refractivity contribution in [3.63, 3.8) is 0 Å². The molecule has 4 nitrogen and oxygen atoms in total. The van der Waals surface area contributed by atoms with Crippen molar-refractivity contribution in [1.82, 2.24) is 15.1 Å². The van der Waals surface area contributed by atoms with E-state index in [2.05, 4.69) is 17.3 Å². The number of carbonyl (C=O) groups is 1. The molecule has 0 aliphatic carbocycles. The van der Waals surface area contributed by atoms with Crippen LogP contribution in [0, 0.1) is 12.8 Å². The van der Waals surface area contributed by atoms with Gasteiger partial charge in [0.2, 0.25) is 5.91 Å². The van der Waals surface area contributed by atoms with E-state index in [0.717, 1.165) is 30.6 Å². The van der Waals surface area contributed by atoms with Gasteiger partial charge in [-0.25, -0.2) is 0 Å². The molecular weight excluding hydrogens is 214 g/mol. The molecule has 0 spiro atoms. The van der Waals surface area contributed by atoms with Gasteiger partial charge in [-0.2, -0.15) is 5.10 Å². The van der Waals surface area contributed by atoms with Gasteiger partial charge in [-0.1, -0.05) is 13.8 Å². The molecule has 0 saturated heterocycles. The highest BCUT2D eigenvalue weighted by atomic mass is 16.1. The zero-order valence-electron chi connectivity index (χ0n) is 11.3. The third-order valence-electron chi connectivity index (χ3n) is 3.18. The zero-order valence-corrected chi connectivity index (χ0v) is 11.3. The Hall–Kier alpha value is -1.32. The van der Waals surface area contributed by atoms with Crippen molar-refractivity contribution in [2.24, 2.45) is 5.92 Å². The summed E-state index contributed by atoms with van der Waals surface area (Å²) in [6.45, 7) is 9.58. The zero-order chi connectivity index (χ0) is 12.8. The first kappa shape index (κ1) is 13.7. The molecule has 1 rings (SSSR count). The molecule has 0 aromatic carbocycles. The molecule has 96 valence electrons. The van der Waals surface area contributed by atoms with Gasteiger partial charge in [0.05, 0.1) is 5.69 Å². The first-order chi connectivity index (χ1) is 8.12. The molecule has 0 unspecified atom stereocenters. The van der Waals surface area contributed by atoms with Crippen LogP contribution in [0.4, 0.5) is 0 Å². The average Bonchev–Trinajstić information content (AvgIpc) is 2.69. The number of hydrogen-bond acceptors (Lipinski definition) is 2. The number of aryl methyl sites for hydroxylation is 2. The van der Waals surface area contributed by atoms with E-state index in [1.54, 1.807) is 0 Å². The Kier molecular flexibility index (Phi) is 5.19. The van der Waals surface area contributed by atoms with E-state index in [-0.39, 0.29) is 11.8 Å². The van der Waals surface area contributed by atoms with Crippen molar-refractivity contribution in [3.8, 4) is 0 Å². The summed E-state index contributed by atoms with van der Waals surface area (Å²) in [5.74, 6) is 0.287. The fourth-order valence-corrected chi connectivity index (χ4v) is 1.88. The van der Waals surface area contributed by atoms with Crippen LogP contribution in [0.25, 0.3) is 0 Å². The summed E-state index contributed by atoms with van der Waals surface area (Å²) in [4.78, 5) is 11.8. The lowest BCUT2D eigenvalue weighted by Crippen LogP contribution is -2.29. The van der Waals surface area contributed by atoms with Crippen LogP contribution in [0.3, 0.4) is 0 Å². The second-order valence-electron chi connectivity index (χ2n) is 4.33. The third-order valence-corrected chi connectivity index (χ3v) is 3.18. The van der Waals surface area contributed by atoms with Crippen molar-refractivity contribution >= 4 is 5.91 Å². The molecule has 1 aromatic heterocycles. The quantitative estimate of drug-likeness (QED) is 0.825. The largest absolute Gasteiger partial charge is 0.352 e. The summed E-state index contributed by atoms with van der Waals surface area (Å²) in [6.07, 6.45) is 3.80. The van der Waals surface area contributed by atoms with Gasteiger partial charge in [0, 0.05) is 30.8 Å². The van der Waals surface area contributed by atoms with E-state index in [9.17, 15) is 4.79 Å². The molecule has 1 aromatic rings. The van der Waals surface area contributed by atoms with Crippen LogP contribution >= 0.6 is 0 Å². The van der Waals surface area contributed by atoms with Crippen molar-refractivity contribution in [3.05, 3.63) is 17.5 Å². The summed E-state index contributed by atoms with van der Waals surface area (Å²) in [5, 5.41) is 7.34. The van der Waals surface area contributed by atoms with Crippen LogP contribution in [-0.4, -0.2) is 15.7 Å². The Morgan fingerprint density at radius 1 is 1.41 bits per heavy atom. The van der Waals surface area contributed by atoms with Gasteiger partial charge in [0.15, 0.2) is 0 Å². The normalized spacial score (nSPS) is 10.9. The summed E-state index contributed by atoms with van der Waals surface area (Å²) >= 11 is 0. The molecule has 1 N–H and O–H groups in total. The van der Waals surface area contributed by atoms with Gasteiger partial charge >= 0.3 is 0 Å². The molecule has 1 heterocycles. The molecule has 17 heavy (non-hydrogen) atoms. The summed E-state index contributed by atoms with van der Waals surface area (Å²) in [7, 11) is 0. The Morgan fingerprint density at radius 2 is 2.06 bits per heavy atom. The highest BCUT2D eigenvalue weighted by Crippen LogP contribution is 2.09. The minimum atomic E-state index is 0.136. The number of nitrogens with zero attached hydrogens (tertiary/aromatic N) is 2. The average molecular weight is 237 g/mol. The first-order valence-corrected chi connectivity index (χ1v) is 6.42. The minimum Gasteiger partial charge on any atom is -0.352 e. The molecule has 0 atom stereocenters. The molecule has 1 amide bonds. The monoisotopic (exact) mass is 237 g/mol. The van der Waals surface area contributed by atoms with Gasteiger partial charge in [-0.3, -0.25) is 9.48 Å². The lowest BCUT2D eigenvalue weighted by molar-refractivity contribution is -0.125. The van der Waals surface area contributed by atoms with E-state index < -0.39 is 0 Å². The number of carbonyl (C=O) groups excluding carboxylic acids is 1. The topological polar surface area (TPSA) is 46.9 Å². The fourth-order valence-electron chi connectivity index (χ4n) is 1.88. The summed E-state index contributed by atoms with van der Waals surface area (Å²) in [6, 6.07) is 0. The summed E-state index contributed by atoms with van der Waals surface area (Å²) < 4.78 is 1.90. The molecule has 0 fully saturated rings. The molecule has 4 heteroatoms. The third kappa shape index (κ3) is 3.58. The lowest BCUT2D eigenvalue weighted by Gasteiger charge is -2.12. The molecule has 0 saturated carbocycles. The van der Waals surface area contributed by atoms with Crippen LogP contribution in [-0.2, 0) is 17.9 Å². The van der Waals surface area contributed by atoms with Crippen LogP contribution < -0.4 is 5.32 Å². The fraction of sp³-hybridized carbons (Fsp3) is 0.692. The number of hydrogen-bond donors (Lipinski definition) is 1. The number of nitrogens with one attached hydrogen (secondary N) is 1. The van der Waals surface area contributed by atoms with Crippen LogP contribution in [0.1, 0.15) is 44.9 Å². The van der Waals surface area contributed by atoms with E-state index >= 15 is 0 Å². The lowest BCUT2D eigenvalue weighted by atomic mass is 10.0. The van der Waals surface area contributed by atoms with Crippen molar-refractivity contribution in [2.75, 3.05) is 0 Å². The molecular formula is C13H23N3O. The Balaban J connectivity index is 2.55. The van der Waals surface area contributed by atoms with Gasteiger partial charge in [-0.05, 0) is 26.7 Å². The van der Waals surface area contributed by atoms with Crippen molar-refractivity contribution in [2.45, 2.75) is 53.6 Å². The van der Waals surface area contributed by atoms with Crippen LogP contribution in [0.2, 0.25) is 0 Å². The molecule has 0 bridgehead atoms. The van der Waals surface area contributed by atoms with Crippen LogP contribution in [0.5, 0.6) is 0 Å². The maximum atomic E-state index is 11.8.